The first-order valence-corrected chi connectivity index (χ1v) is 13.6. The van der Waals surface area contributed by atoms with Crippen LogP contribution in [0.1, 0.15) is 52.9 Å². The zero-order valence-corrected chi connectivity index (χ0v) is 21.9. The lowest BCUT2D eigenvalue weighted by atomic mass is 9.83. The largest absolute Gasteiger partial charge is 0.368 e. The van der Waals surface area contributed by atoms with E-state index in [-0.39, 0.29) is 17.4 Å². The number of amides is 2. The number of hydrogen-bond acceptors (Lipinski definition) is 6. The highest BCUT2D eigenvalue weighted by atomic mass is 35.5. The van der Waals surface area contributed by atoms with Crippen molar-refractivity contribution < 1.29 is 9.59 Å². The summed E-state index contributed by atoms with van der Waals surface area (Å²) in [6.07, 6.45) is 5.88. The van der Waals surface area contributed by atoms with Crippen molar-refractivity contribution in [2.24, 2.45) is 5.73 Å². The molecule has 2 amide bonds. The predicted octanol–water partition coefficient (Wildman–Crippen LogP) is 3.41. The highest BCUT2D eigenvalue weighted by molar-refractivity contribution is 7.20. The van der Waals surface area contributed by atoms with Crippen molar-refractivity contribution in [3.8, 4) is 0 Å². The molecule has 2 N–H and O–H groups in total. The average molecular weight is 528 g/mol. The van der Waals surface area contributed by atoms with E-state index in [0.717, 1.165) is 31.5 Å². The van der Waals surface area contributed by atoms with Crippen molar-refractivity contribution in [2.75, 3.05) is 26.2 Å². The Morgan fingerprint density at radius 3 is 2.47 bits per heavy atom. The number of primary amides is 1. The second kappa shape index (κ2) is 9.95. The number of carbonyl (C=O) groups excluding carboxylic acids is 2. The minimum Gasteiger partial charge on any atom is -0.368 e. The molecule has 2 saturated heterocycles. The van der Waals surface area contributed by atoms with Gasteiger partial charge in [0.2, 0.25) is 5.91 Å². The Morgan fingerprint density at radius 1 is 1.11 bits per heavy atom. The smallest absolute Gasteiger partial charge is 0.264 e. The van der Waals surface area contributed by atoms with Crippen molar-refractivity contribution in [2.45, 2.75) is 51.1 Å². The lowest BCUT2D eigenvalue weighted by Gasteiger charge is -2.48. The van der Waals surface area contributed by atoms with Gasteiger partial charge >= 0.3 is 0 Å². The van der Waals surface area contributed by atoms with Gasteiger partial charge in [0.05, 0.1) is 23.1 Å². The lowest BCUT2D eigenvalue weighted by molar-refractivity contribution is -0.134. The van der Waals surface area contributed by atoms with Crippen LogP contribution in [0.2, 0.25) is 5.02 Å². The molecule has 0 bridgehead atoms. The van der Waals surface area contributed by atoms with E-state index >= 15 is 0 Å². The number of benzene rings is 1. The number of aryl methyl sites for hydroxylation is 1. The van der Waals surface area contributed by atoms with Gasteiger partial charge < -0.3 is 10.6 Å². The number of hydrogen-bond donors (Lipinski definition) is 1. The van der Waals surface area contributed by atoms with Gasteiger partial charge in [-0.05, 0) is 62.9 Å². The number of fused-ring (bicyclic) bond motifs is 1. The van der Waals surface area contributed by atoms with Gasteiger partial charge in [0, 0.05) is 18.1 Å². The Kier molecular flexibility index (Phi) is 6.89. The maximum absolute atomic E-state index is 13.5. The van der Waals surface area contributed by atoms with Gasteiger partial charge in [-0.2, -0.15) is 0 Å². The molecule has 10 heteroatoms. The van der Waals surface area contributed by atoms with E-state index in [2.05, 4.69) is 9.88 Å². The second-order valence-corrected chi connectivity index (χ2v) is 11.1. The van der Waals surface area contributed by atoms with Crippen molar-refractivity contribution in [3.05, 3.63) is 62.0 Å². The average Bonchev–Trinajstić information content (AvgIpc) is 3.23. The Bertz CT molecular complexity index is 1370. The molecule has 4 heterocycles. The first kappa shape index (κ1) is 24.9. The number of piperidine rings is 2. The van der Waals surface area contributed by atoms with E-state index in [1.54, 1.807) is 17.9 Å². The molecule has 8 nitrogen and oxygen atoms in total. The van der Waals surface area contributed by atoms with E-state index in [0.29, 0.717) is 58.2 Å². The predicted molar refractivity (Wildman–Crippen MR) is 142 cm³/mol. The highest BCUT2D eigenvalue weighted by Crippen LogP contribution is 2.34. The molecule has 2 aliphatic heterocycles. The number of likely N-dealkylation sites (tertiary alicyclic amines) is 2. The normalized spacial score (nSPS) is 18.4. The molecular formula is C26H30ClN5O3S. The summed E-state index contributed by atoms with van der Waals surface area (Å²) in [6, 6.07) is 7.39. The lowest BCUT2D eigenvalue weighted by Crippen LogP contribution is -2.63. The SMILES string of the molecule is Cc1c(C(=O)N2CCC(C(N)=O)(N3CCCCC3)CC2)sc2ncn(Cc3ccccc3Cl)c(=O)c12. The molecule has 3 aromatic rings. The molecule has 0 atom stereocenters. The van der Waals surface area contributed by atoms with Crippen LogP contribution in [0.4, 0.5) is 0 Å². The monoisotopic (exact) mass is 527 g/mol. The molecular weight excluding hydrogens is 498 g/mol. The zero-order chi connectivity index (χ0) is 25.4. The fourth-order valence-electron chi connectivity index (χ4n) is 5.55. The third-order valence-electron chi connectivity index (χ3n) is 7.71. The minimum absolute atomic E-state index is 0.121. The Labute approximate surface area is 218 Å². The molecule has 2 aromatic heterocycles. The third-order valence-corrected chi connectivity index (χ3v) is 9.26. The molecule has 1 aromatic carbocycles. The van der Waals surface area contributed by atoms with Crippen LogP contribution >= 0.6 is 22.9 Å². The van der Waals surface area contributed by atoms with Crippen LogP contribution in [0.3, 0.4) is 0 Å². The van der Waals surface area contributed by atoms with Gasteiger partial charge in [-0.15, -0.1) is 11.3 Å². The van der Waals surface area contributed by atoms with Gasteiger partial charge in [0.1, 0.15) is 10.4 Å². The standard InChI is InChI=1S/C26H30ClN5O3S/c1-17-20-22(29-16-31(23(20)33)15-18-7-3-4-8-19(18)27)36-21(17)24(34)30-13-9-26(10-14-30,25(28)35)32-11-5-2-6-12-32/h3-4,7-8,16H,2,5-6,9-15H2,1H3,(H2,28,35). The van der Waals surface area contributed by atoms with E-state index in [1.807, 2.05) is 18.2 Å². The molecule has 5 rings (SSSR count). The third kappa shape index (κ3) is 4.33. The summed E-state index contributed by atoms with van der Waals surface area (Å²) >= 11 is 7.53. The Hall–Kier alpha value is -2.75. The molecule has 0 saturated carbocycles. The second-order valence-electron chi connectivity index (χ2n) is 9.74. The van der Waals surface area contributed by atoms with Crippen molar-refractivity contribution in [1.82, 2.24) is 19.4 Å². The summed E-state index contributed by atoms with van der Waals surface area (Å²) in [5.41, 5.74) is 6.50. The van der Waals surface area contributed by atoms with E-state index < -0.39 is 5.54 Å². The molecule has 0 radical (unpaired) electrons. The molecule has 36 heavy (non-hydrogen) atoms. The van der Waals surface area contributed by atoms with Crippen LogP contribution in [0.5, 0.6) is 0 Å². The fourth-order valence-corrected chi connectivity index (χ4v) is 6.85. The molecule has 0 aliphatic carbocycles. The van der Waals surface area contributed by atoms with Crippen LogP contribution in [-0.2, 0) is 11.3 Å². The highest BCUT2D eigenvalue weighted by Gasteiger charge is 2.46. The number of aromatic nitrogens is 2. The molecule has 2 aliphatic rings. The van der Waals surface area contributed by atoms with Gasteiger partial charge in [0.15, 0.2) is 0 Å². The van der Waals surface area contributed by atoms with E-state index in [9.17, 15) is 14.4 Å². The number of halogens is 1. The number of thiophene rings is 1. The zero-order valence-electron chi connectivity index (χ0n) is 20.3. The molecule has 2 fully saturated rings. The summed E-state index contributed by atoms with van der Waals surface area (Å²) in [4.78, 5) is 49.0. The summed E-state index contributed by atoms with van der Waals surface area (Å²) in [5.74, 6) is -0.415. The first-order chi connectivity index (χ1) is 17.3. The summed E-state index contributed by atoms with van der Waals surface area (Å²) in [6.45, 7) is 4.77. The van der Waals surface area contributed by atoms with Gasteiger partial charge in [0.25, 0.3) is 11.5 Å². The van der Waals surface area contributed by atoms with Crippen molar-refractivity contribution >= 4 is 45.0 Å². The topological polar surface area (TPSA) is 102 Å². The first-order valence-electron chi connectivity index (χ1n) is 12.4. The van der Waals surface area contributed by atoms with Gasteiger partial charge in [-0.3, -0.25) is 23.9 Å². The Balaban J connectivity index is 1.38. The maximum Gasteiger partial charge on any atom is 0.264 e. The summed E-state index contributed by atoms with van der Waals surface area (Å²) in [7, 11) is 0. The number of rotatable bonds is 5. The number of carbonyl (C=O) groups is 2. The summed E-state index contributed by atoms with van der Waals surface area (Å²) in [5, 5.41) is 1.05. The fraction of sp³-hybridized carbons (Fsp3) is 0.462. The number of nitrogens with zero attached hydrogens (tertiary/aromatic N) is 4. The minimum atomic E-state index is -0.680. The van der Waals surface area contributed by atoms with E-state index in [1.165, 1.54) is 28.7 Å². The van der Waals surface area contributed by atoms with Crippen molar-refractivity contribution in [1.29, 1.82) is 0 Å². The van der Waals surface area contributed by atoms with Crippen molar-refractivity contribution in [3.63, 3.8) is 0 Å². The van der Waals surface area contributed by atoms with Crippen LogP contribution in [0, 0.1) is 6.92 Å². The number of nitrogens with two attached hydrogens (primary N) is 1. The Morgan fingerprint density at radius 2 is 1.81 bits per heavy atom. The van der Waals surface area contributed by atoms with Gasteiger partial charge in [-0.1, -0.05) is 36.2 Å². The molecule has 0 spiro atoms. The molecule has 0 unspecified atom stereocenters. The summed E-state index contributed by atoms with van der Waals surface area (Å²) < 4.78 is 1.53. The van der Waals surface area contributed by atoms with Gasteiger partial charge in [-0.25, -0.2) is 4.98 Å². The maximum atomic E-state index is 13.5. The quantitative estimate of drug-likeness (QED) is 0.548. The van der Waals surface area contributed by atoms with Crippen LogP contribution in [0.15, 0.2) is 35.4 Å². The van der Waals surface area contributed by atoms with Crippen LogP contribution in [0.25, 0.3) is 10.2 Å². The van der Waals surface area contributed by atoms with E-state index in [4.69, 9.17) is 17.3 Å². The van der Waals surface area contributed by atoms with Crippen LogP contribution in [-0.4, -0.2) is 62.9 Å². The molecule has 190 valence electrons. The van der Waals surface area contributed by atoms with Crippen LogP contribution < -0.4 is 11.3 Å².